The molecule has 0 aliphatic carbocycles. The zero-order valence-electron chi connectivity index (χ0n) is 15.3. The van der Waals surface area contributed by atoms with Gasteiger partial charge in [0, 0.05) is 11.6 Å². The van der Waals surface area contributed by atoms with Crippen LogP contribution in [-0.2, 0) is 10.3 Å². The topological polar surface area (TPSA) is 68.8 Å². The normalized spacial score (nSPS) is 11.8. The molecule has 1 aromatic carbocycles. The summed E-state index contributed by atoms with van der Waals surface area (Å²) in [6.07, 6.45) is -0.516. The molecule has 6 heteroatoms. The maximum absolute atomic E-state index is 12.1. The van der Waals surface area contributed by atoms with Crippen molar-refractivity contribution in [2.45, 2.75) is 45.8 Å². The fourth-order valence-corrected chi connectivity index (χ4v) is 2.05. The standard InChI is InChI=1S/C17H28N2O4/c1-16(2,3)23-15(20)19-12-10-14(22-8)13(21-7)9-11(12)17(4,5)18-6/h9-10,18H,1-8H3,(H,19,20). The number of carbonyl (C=O) groups excluding carboxylic acids is 1. The molecule has 0 atom stereocenters. The average Bonchev–Trinajstić information content (AvgIpc) is 2.44. The monoisotopic (exact) mass is 324 g/mol. The van der Waals surface area contributed by atoms with Gasteiger partial charge in [0.1, 0.15) is 5.60 Å². The van der Waals surface area contributed by atoms with E-state index in [1.54, 1.807) is 20.3 Å². The highest BCUT2D eigenvalue weighted by Crippen LogP contribution is 2.38. The van der Waals surface area contributed by atoms with Crippen molar-refractivity contribution in [2.75, 3.05) is 26.6 Å². The van der Waals surface area contributed by atoms with Gasteiger partial charge in [-0.3, -0.25) is 5.32 Å². The third-order valence-corrected chi connectivity index (χ3v) is 3.46. The first-order valence-corrected chi connectivity index (χ1v) is 7.49. The Hall–Kier alpha value is -1.95. The van der Waals surface area contributed by atoms with Gasteiger partial charge in [0.25, 0.3) is 0 Å². The van der Waals surface area contributed by atoms with Crippen LogP contribution in [0.2, 0.25) is 0 Å². The van der Waals surface area contributed by atoms with E-state index in [4.69, 9.17) is 14.2 Å². The van der Waals surface area contributed by atoms with Crippen LogP contribution in [0.3, 0.4) is 0 Å². The number of hydrogen-bond donors (Lipinski definition) is 2. The van der Waals surface area contributed by atoms with Gasteiger partial charge in [-0.05, 0) is 53.3 Å². The fourth-order valence-electron chi connectivity index (χ4n) is 2.05. The molecule has 0 bridgehead atoms. The molecule has 130 valence electrons. The van der Waals surface area contributed by atoms with Crippen molar-refractivity contribution in [3.8, 4) is 11.5 Å². The molecule has 23 heavy (non-hydrogen) atoms. The van der Waals surface area contributed by atoms with Crippen molar-refractivity contribution in [3.05, 3.63) is 17.7 Å². The highest BCUT2D eigenvalue weighted by Gasteiger charge is 2.26. The highest BCUT2D eigenvalue weighted by molar-refractivity contribution is 5.87. The van der Waals surface area contributed by atoms with E-state index in [-0.39, 0.29) is 5.54 Å². The third kappa shape index (κ3) is 5.03. The lowest BCUT2D eigenvalue weighted by Gasteiger charge is -2.29. The minimum atomic E-state index is -0.570. The Balaban J connectivity index is 3.30. The predicted octanol–water partition coefficient (Wildman–Crippen LogP) is 3.51. The fraction of sp³-hybridized carbons (Fsp3) is 0.588. The molecule has 0 aliphatic heterocycles. The summed E-state index contributed by atoms with van der Waals surface area (Å²) in [7, 11) is 4.99. The smallest absolute Gasteiger partial charge is 0.412 e. The van der Waals surface area contributed by atoms with Crippen molar-refractivity contribution in [3.63, 3.8) is 0 Å². The highest BCUT2D eigenvalue weighted by atomic mass is 16.6. The Kier molecular flexibility index (Phi) is 5.88. The molecule has 0 spiro atoms. The number of amides is 1. The first-order chi connectivity index (χ1) is 10.5. The van der Waals surface area contributed by atoms with Gasteiger partial charge in [-0.15, -0.1) is 0 Å². The summed E-state index contributed by atoms with van der Waals surface area (Å²) in [5, 5.41) is 6.02. The van der Waals surface area contributed by atoms with Crippen molar-refractivity contribution in [1.29, 1.82) is 0 Å². The zero-order valence-corrected chi connectivity index (χ0v) is 15.3. The number of nitrogens with one attached hydrogen (secondary N) is 2. The zero-order chi connectivity index (χ0) is 17.8. The first kappa shape index (κ1) is 19.1. The molecular formula is C17H28N2O4. The lowest BCUT2D eigenvalue weighted by molar-refractivity contribution is 0.0635. The molecule has 1 rings (SSSR count). The van der Waals surface area contributed by atoms with Gasteiger partial charge in [0.15, 0.2) is 11.5 Å². The van der Waals surface area contributed by atoms with E-state index in [0.29, 0.717) is 17.2 Å². The number of carbonyl (C=O) groups is 1. The minimum Gasteiger partial charge on any atom is -0.493 e. The Labute approximate surface area is 138 Å². The van der Waals surface area contributed by atoms with E-state index in [1.165, 1.54) is 0 Å². The number of methoxy groups -OCH3 is 2. The molecular weight excluding hydrogens is 296 g/mol. The van der Waals surface area contributed by atoms with Gasteiger partial charge in [-0.2, -0.15) is 0 Å². The lowest BCUT2D eigenvalue weighted by Crippen LogP contribution is -2.35. The Morgan fingerprint density at radius 1 is 1.00 bits per heavy atom. The number of rotatable bonds is 5. The lowest BCUT2D eigenvalue weighted by atomic mass is 9.92. The van der Waals surface area contributed by atoms with Crippen LogP contribution >= 0.6 is 0 Å². The summed E-state index contributed by atoms with van der Waals surface area (Å²) >= 11 is 0. The molecule has 1 amide bonds. The van der Waals surface area contributed by atoms with Crippen molar-refractivity contribution in [2.24, 2.45) is 0 Å². The van der Waals surface area contributed by atoms with Crippen molar-refractivity contribution in [1.82, 2.24) is 5.32 Å². The summed E-state index contributed by atoms with van der Waals surface area (Å²) in [6.45, 7) is 9.47. The molecule has 0 aliphatic rings. The SMILES string of the molecule is CNC(C)(C)c1cc(OC)c(OC)cc1NC(=O)OC(C)(C)C. The summed E-state index contributed by atoms with van der Waals surface area (Å²) < 4.78 is 16.0. The van der Waals surface area contributed by atoms with Crippen LogP contribution in [0.4, 0.5) is 10.5 Å². The van der Waals surface area contributed by atoms with Crippen LogP contribution in [-0.4, -0.2) is 33.0 Å². The molecule has 0 aromatic heterocycles. The van der Waals surface area contributed by atoms with Crippen LogP contribution in [0, 0.1) is 0 Å². The summed E-state index contributed by atoms with van der Waals surface area (Å²) in [5.41, 5.74) is 0.517. The second kappa shape index (κ2) is 7.08. The van der Waals surface area contributed by atoms with E-state index in [1.807, 2.05) is 47.7 Å². The van der Waals surface area contributed by atoms with Crippen LogP contribution in [0.25, 0.3) is 0 Å². The number of ether oxygens (including phenoxy) is 3. The molecule has 0 fully saturated rings. The van der Waals surface area contributed by atoms with Gasteiger partial charge in [0.05, 0.1) is 19.9 Å². The summed E-state index contributed by atoms with van der Waals surface area (Å²) in [5.74, 6) is 1.13. The number of anilines is 1. The van der Waals surface area contributed by atoms with Crippen molar-refractivity contribution < 1.29 is 19.0 Å². The van der Waals surface area contributed by atoms with Gasteiger partial charge in [-0.1, -0.05) is 0 Å². The third-order valence-electron chi connectivity index (χ3n) is 3.46. The van der Waals surface area contributed by atoms with Gasteiger partial charge in [-0.25, -0.2) is 4.79 Å². The number of benzene rings is 1. The molecule has 6 nitrogen and oxygen atoms in total. The Morgan fingerprint density at radius 3 is 1.96 bits per heavy atom. The van der Waals surface area contributed by atoms with Gasteiger partial charge in [0.2, 0.25) is 0 Å². The summed E-state index contributed by atoms with van der Waals surface area (Å²) in [6, 6.07) is 3.58. The first-order valence-electron chi connectivity index (χ1n) is 7.49. The molecule has 2 N–H and O–H groups in total. The van der Waals surface area contributed by atoms with Crippen LogP contribution in [0.15, 0.2) is 12.1 Å². The molecule has 0 radical (unpaired) electrons. The number of hydrogen-bond acceptors (Lipinski definition) is 5. The largest absolute Gasteiger partial charge is 0.493 e. The molecule has 1 aromatic rings. The van der Waals surface area contributed by atoms with E-state index in [0.717, 1.165) is 5.56 Å². The van der Waals surface area contributed by atoms with E-state index < -0.39 is 11.7 Å². The van der Waals surface area contributed by atoms with Crippen LogP contribution in [0.1, 0.15) is 40.2 Å². The molecule has 0 saturated heterocycles. The second-order valence-electron chi connectivity index (χ2n) is 6.75. The van der Waals surface area contributed by atoms with Crippen molar-refractivity contribution >= 4 is 11.8 Å². The van der Waals surface area contributed by atoms with Gasteiger partial charge < -0.3 is 19.5 Å². The molecule has 0 saturated carbocycles. The Morgan fingerprint density at radius 2 is 1.52 bits per heavy atom. The van der Waals surface area contributed by atoms with E-state index in [9.17, 15) is 4.79 Å². The molecule has 0 heterocycles. The van der Waals surface area contributed by atoms with E-state index >= 15 is 0 Å². The maximum Gasteiger partial charge on any atom is 0.412 e. The Bertz CT molecular complexity index is 562. The van der Waals surface area contributed by atoms with Gasteiger partial charge >= 0.3 is 6.09 Å². The minimum absolute atomic E-state index is 0.385. The molecule has 0 unspecified atom stereocenters. The second-order valence-corrected chi connectivity index (χ2v) is 6.75. The quantitative estimate of drug-likeness (QED) is 0.867. The average molecular weight is 324 g/mol. The predicted molar refractivity (Wildman–Crippen MR) is 91.5 cm³/mol. The van der Waals surface area contributed by atoms with E-state index in [2.05, 4.69) is 10.6 Å². The maximum atomic E-state index is 12.1. The summed E-state index contributed by atoms with van der Waals surface area (Å²) in [4.78, 5) is 12.1. The van der Waals surface area contributed by atoms with Crippen LogP contribution < -0.4 is 20.1 Å². The van der Waals surface area contributed by atoms with Crippen LogP contribution in [0.5, 0.6) is 11.5 Å².